The predicted molar refractivity (Wildman–Crippen MR) is 61.9 cm³/mol. The van der Waals surface area contributed by atoms with Gasteiger partial charge in [-0.1, -0.05) is 18.2 Å². The molecule has 1 N–H and O–H groups in total. The maximum atomic E-state index is 11.9. The molecule has 0 heterocycles. The number of nitrogens with zero attached hydrogens (tertiary/aromatic N) is 1. The minimum atomic E-state index is -3.37. The van der Waals surface area contributed by atoms with Crippen LogP contribution in [0.2, 0.25) is 0 Å². The van der Waals surface area contributed by atoms with Gasteiger partial charge in [-0.25, -0.2) is 13.9 Å². The molecule has 1 aromatic rings. The highest BCUT2D eigenvalue weighted by Gasteiger charge is 2.26. The SMILES string of the molecule is CS(=O)(=O)c1cccc2c1C=C[C@H](N=N)C2=O. The van der Waals surface area contributed by atoms with E-state index in [0.29, 0.717) is 11.1 Å². The van der Waals surface area contributed by atoms with Gasteiger partial charge in [0.2, 0.25) is 0 Å². The minimum Gasteiger partial charge on any atom is -0.291 e. The third-order valence-corrected chi connectivity index (χ3v) is 3.74. The summed E-state index contributed by atoms with van der Waals surface area (Å²) in [5.41, 5.74) is 7.57. The fourth-order valence-corrected chi connectivity index (χ4v) is 2.69. The molecule has 17 heavy (non-hydrogen) atoms. The van der Waals surface area contributed by atoms with Crippen molar-refractivity contribution < 1.29 is 13.2 Å². The molecule has 0 aliphatic heterocycles. The lowest BCUT2D eigenvalue weighted by atomic mass is 9.93. The molecule has 2 rings (SSSR count). The molecule has 0 saturated heterocycles. The van der Waals surface area contributed by atoms with Crippen LogP contribution in [0.4, 0.5) is 0 Å². The standard InChI is InChI=1S/C11H10N2O3S/c1-17(15,16)10-4-2-3-8-7(10)5-6-9(13-12)11(8)14/h2-6,9,12H,1H3/t9-/m0/s1. The number of carbonyl (C=O) groups is 1. The second-order valence-electron chi connectivity index (χ2n) is 3.79. The predicted octanol–water partition coefficient (Wildman–Crippen LogP) is 1.70. The molecule has 0 radical (unpaired) electrons. The minimum absolute atomic E-state index is 0.128. The van der Waals surface area contributed by atoms with Gasteiger partial charge >= 0.3 is 0 Å². The summed E-state index contributed by atoms with van der Waals surface area (Å²) >= 11 is 0. The van der Waals surface area contributed by atoms with Crippen molar-refractivity contribution in [3.05, 3.63) is 35.4 Å². The Kier molecular flexibility index (Phi) is 2.66. The topological polar surface area (TPSA) is 87.4 Å². The van der Waals surface area contributed by atoms with Gasteiger partial charge in [0, 0.05) is 17.4 Å². The van der Waals surface area contributed by atoms with E-state index in [0.717, 1.165) is 6.26 Å². The van der Waals surface area contributed by atoms with Gasteiger partial charge in [0.25, 0.3) is 0 Å². The van der Waals surface area contributed by atoms with E-state index in [1.165, 1.54) is 24.3 Å². The Balaban J connectivity index is 2.71. The lowest BCUT2D eigenvalue weighted by Gasteiger charge is -2.16. The van der Waals surface area contributed by atoms with Gasteiger partial charge in [0.1, 0.15) is 0 Å². The van der Waals surface area contributed by atoms with Crippen LogP contribution in [0, 0.1) is 5.53 Å². The van der Waals surface area contributed by atoms with E-state index in [4.69, 9.17) is 5.53 Å². The highest BCUT2D eigenvalue weighted by molar-refractivity contribution is 7.90. The molecule has 1 aromatic carbocycles. The van der Waals surface area contributed by atoms with Crippen LogP contribution in [-0.2, 0) is 9.84 Å². The van der Waals surface area contributed by atoms with Crippen LogP contribution in [0.25, 0.3) is 6.08 Å². The third kappa shape index (κ3) is 1.91. The number of rotatable bonds is 2. The molecule has 1 aliphatic rings. The van der Waals surface area contributed by atoms with Crippen molar-refractivity contribution >= 4 is 21.7 Å². The Bertz CT molecular complexity index is 632. The van der Waals surface area contributed by atoms with Crippen LogP contribution >= 0.6 is 0 Å². The lowest BCUT2D eigenvalue weighted by Crippen LogP contribution is -2.21. The molecule has 0 amide bonds. The Morgan fingerprint density at radius 3 is 2.65 bits per heavy atom. The summed E-state index contributed by atoms with van der Waals surface area (Å²) < 4.78 is 23.1. The average Bonchev–Trinajstić information content (AvgIpc) is 2.28. The summed E-state index contributed by atoms with van der Waals surface area (Å²) in [5, 5.41) is 3.18. The van der Waals surface area contributed by atoms with Gasteiger partial charge in [-0.3, -0.25) is 4.79 Å². The van der Waals surface area contributed by atoms with Crippen LogP contribution in [0.5, 0.6) is 0 Å². The van der Waals surface area contributed by atoms with Crippen molar-refractivity contribution in [3.63, 3.8) is 0 Å². The number of fused-ring (bicyclic) bond motifs is 1. The van der Waals surface area contributed by atoms with Crippen LogP contribution in [0.3, 0.4) is 0 Å². The van der Waals surface area contributed by atoms with Crippen molar-refractivity contribution in [1.82, 2.24) is 0 Å². The number of nitrogens with one attached hydrogen (secondary N) is 1. The first kappa shape index (κ1) is 11.7. The first-order chi connectivity index (χ1) is 7.95. The normalized spacial score (nSPS) is 18.9. The van der Waals surface area contributed by atoms with Crippen molar-refractivity contribution in [1.29, 1.82) is 5.53 Å². The van der Waals surface area contributed by atoms with Crippen molar-refractivity contribution in [2.24, 2.45) is 5.11 Å². The summed E-state index contributed by atoms with van der Waals surface area (Å²) in [5.74, 6) is -0.344. The molecule has 0 fully saturated rings. The van der Waals surface area contributed by atoms with E-state index in [9.17, 15) is 13.2 Å². The first-order valence-electron chi connectivity index (χ1n) is 4.87. The Morgan fingerprint density at radius 1 is 1.35 bits per heavy atom. The molecule has 5 nitrogen and oxygen atoms in total. The first-order valence-corrected chi connectivity index (χ1v) is 6.76. The number of ketones is 1. The van der Waals surface area contributed by atoms with Gasteiger partial charge in [-0.05, 0) is 12.1 Å². The number of hydrogen-bond donors (Lipinski definition) is 1. The summed E-state index contributed by atoms with van der Waals surface area (Å²) in [6.07, 6.45) is 4.07. The van der Waals surface area contributed by atoms with Gasteiger partial charge in [-0.2, -0.15) is 5.11 Å². The summed E-state index contributed by atoms with van der Waals surface area (Å²) in [4.78, 5) is 12.0. The largest absolute Gasteiger partial charge is 0.291 e. The number of hydrogen-bond acceptors (Lipinski definition) is 5. The lowest BCUT2D eigenvalue weighted by molar-refractivity contribution is 0.0974. The van der Waals surface area contributed by atoms with E-state index < -0.39 is 15.9 Å². The molecule has 6 heteroatoms. The summed E-state index contributed by atoms with van der Waals surface area (Å²) in [7, 11) is -3.37. The van der Waals surface area contributed by atoms with E-state index >= 15 is 0 Å². The van der Waals surface area contributed by atoms with Crippen molar-refractivity contribution in [2.45, 2.75) is 10.9 Å². The van der Waals surface area contributed by atoms with Crippen LogP contribution in [0.1, 0.15) is 15.9 Å². The second kappa shape index (κ2) is 3.89. The smallest absolute Gasteiger partial charge is 0.193 e. The number of sulfone groups is 1. The van der Waals surface area contributed by atoms with Crippen LogP contribution < -0.4 is 0 Å². The highest BCUT2D eigenvalue weighted by atomic mass is 32.2. The number of benzene rings is 1. The van der Waals surface area contributed by atoms with Crippen molar-refractivity contribution in [2.75, 3.05) is 6.26 Å². The monoisotopic (exact) mass is 250 g/mol. The molecule has 0 spiro atoms. The second-order valence-corrected chi connectivity index (χ2v) is 5.77. The van der Waals surface area contributed by atoms with E-state index in [1.807, 2.05) is 0 Å². The molecule has 0 aromatic heterocycles. The van der Waals surface area contributed by atoms with E-state index in [1.54, 1.807) is 6.07 Å². The maximum Gasteiger partial charge on any atom is 0.193 e. The van der Waals surface area contributed by atoms with Gasteiger partial charge in [0.15, 0.2) is 21.7 Å². The Hall–Kier alpha value is -1.82. The molecule has 0 unspecified atom stereocenters. The number of carbonyl (C=O) groups excluding carboxylic acids is 1. The number of Topliss-reactive ketones (excluding diaryl/α,β-unsaturated/α-hetero) is 1. The maximum absolute atomic E-state index is 11.9. The summed E-state index contributed by atoms with van der Waals surface area (Å²) in [6.45, 7) is 0. The zero-order valence-electron chi connectivity index (χ0n) is 9.04. The van der Waals surface area contributed by atoms with E-state index in [-0.39, 0.29) is 10.7 Å². The van der Waals surface area contributed by atoms with Crippen LogP contribution in [0.15, 0.2) is 34.3 Å². The highest BCUT2D eigenvalue weighted by Crippen LogP contribution is 2.27. The molecular formula is C11H10N2O3S. The van der Waals surface area contributed by atoms with E-state index in [2.05, 4.69) is 5.11 Å². The summed E-state index contributed by atoms with van der Waals surface area (Å²) in [6, 6.07) is 3.70. The molecule has 1 aliphatic carbocycles. The fourth-order valence-electron chi connectivity index (χ4n) is 1.79. The molecule has 0 saturated carbocycles. The Labute approximate surface area is 98.6 Å². The van der Waals surface area contributed by atoms with Crippen LogP contribution in [-0.4, -0.2) is 26.5 Å². The molecule has 0 bridgehead atoms. The van der Waals surface area contributed by atoms with Gasteiger partial charge < -0.3 is 0 Å². The fraction of sp³-hybridized carbons (Fsp3) is 0.182. The van der Waals surface area contributed by atoms with Gasteiger partial charge in [-0.15, -0.1) is 0 Å². The third-order valence-electron chi connectivity index (χ3n) is 2.58. The van der Waals surface area contributed by atoms with Crippen molar-refractivity contribution in [3.8, 4) is 0 Å². The van der Waals surface area contributed by atoms with Gasteiger partial charge in [0.05, 0.1) is 4.90 Å². The zero-order valence-corrected chi connectivity index (χ0v) is 9.86. The average molecular weight is 250 g/mol. The zero-order chi connectivity index (χ0) is 12.6. The quantitative estimate of drug-likeness (QED) is 0.810. The molecule has 88 valence electrons. The molecular weight excluding hydrogens is 240 g/mol. The molecule has 1 atom stereocenters. The Morgan fingerprint density at radius 2 is 2.06 bits per heavy atom.